The average molecular weight is 311 g/mol. The van der Waals surface area contributed by atoms with E-state index in [1.165, 1.54) is 0 Å². The second kappa shape index (κ2) is 4.83. The van der Waals surface area contributed by atoms with E-state index in [0.717, 1.165) is 0 Å². The zero-order chi connectivity index (χ0) is 15.9. The molecule has 0 fully saturated rings. The van der Waals surface area contributed by atoms with Crippen molar-refractivity contribution in [3.05, 3.63) is 35.1 Å². The Bertz CT molecular complexity index is 488. The van der Waals surface area contributed by atoms with Crippen LogP contribution in [0.25, 0.3) is 0 Å². The van der Waals surface area contributed by atoms with Crippen LogP contribution in [0.4, 0.5) is 39.5 Å². The number of hydrogen-bond acceptors (Lipinski definition) is 1. The van der Waals surface area contributed by atoms with E-state index in [0.29, 0.717) is 0 Å². The molecule has 0 radical (unpaired) electrons. The third kappa shape index (κ3) is 3.00. The molecule has 114 valence electrons. The van der Waals surface area contributed by atoms with Crippen molar-refractivity contribution in [1.29, 1.82) is 0 Å². The minimum atomic E-state index is -6.12. The summed E-state index contributed by atoms with van der Waals surface area (Å²) >= 11 is 0. The van der Waals surface area contributed by atoms with Gasteiger partial charge in [-0.05, 0) is 18.2 Å². The molecule has 0 unspecified atom stereocenters. The summed E-state index contributed by atoms with van der Waals surface area (Å²) in [5.41, 5.74) is 1.45. The minimum absolute atomic E-state index is 0.129. The third-order valence-corrected chi connectivity index (χ3v) is 2.43. The molecule has 2 N–H and O–H groups in total. The molecule has 0 saturated carbocycles. The molecule has 10 heteroatoms. The van der Waals surface area contributed by atoms with Gasteiger partial charge in [0.15, 0.2) is 0 Å². The molecule has 1 aromatic rings. The van der Waals surface area contributed by atoms with Crippen LogP contribution in [-0.4, -0.2) is 12.1 Å². The van der Waals surface area contributed by atoms with Gasteiger partial charge >= 0.3 is 18.3 Å². The van der Waals surface area contributed by atoms with Gasteiger partial charge < -0.3 is 5.73 Å². The highest BCUT2D eigenvalue weighted by Crippen LogP contribution is 2.44. The van der Waals surface area contributed by atoms with Crippen molar-refractivity contribution in [2.45, 2.75) is 24.3 Å². The van der Waals surface area contributed by atoms with E-state index in [1.807, 2.05) is 0 Å². The predicted octanol–water partition coefficient (Wildman–Crippen LogP) is 4.04. The van der Waals surface area contributed by atoms with E-state index in [4.69, 9.17) is 0 Å². The van der Waals surface area contributed by atoms with Crippen molar-refractivity contribution in [3.8, 4) is 0 Å². The van der Waals surface area contributed by atoms with Crippen LogP contribution in [0.5, 0.6) is 0 Å². The highest BCUT2D eigenvalue weighted by atomic mass is 19.4. The van der Waals surface area contributed by atoms with Gasteiger partial charge in [0.1, 0.15) is 11.9 Å². The molecular weight excluding hydrogens is 305 g/mol. The van der Waals surface area contributed by atoms with Crippen LogP contribution in [0.1, 0.15) is 17.2 Å². The molecule has 1 rings (SSSR count). The summed E-state index contributed by atoms with van der Waals surface area (Å²) in [6.07, 6.45) is -11.2. The topological polar surface area (TPSA) is 26.0 Å². The van der Waals surface area contributed by atoms with E-state index in [1.54, 1.807) is 0 Å². The first kappa shape index (κ1) is 16.6. The van der Waals surface area contributed by atoms with E-state index in [-0.39, 0.29) is 18.2 Å². The van der Waals surface area contributed by atoms with Gasteiger partial charge in [0.05, 0.1) is 5.56 Å². The van der Waals surface area contributed by atoms with Crippen LogP contribution in [0.2, 0.25) is 0 Å². The monoisotopic (exact) mass is 311 g/mol. The van der Waals surface area contributed by atoms with Crippen LogP contribution < -0.4 is 5.73 Å². The van der Waals surface area contributed by atoms with Gasteiger partial charge in [-0.1, -0.05) is 0 Å². The van der Waals surface area contributed by atoms with Crippen LogP contribution in [0.3, 0.4) is 0 Å². The predicted molar refractivity (Wildman–Crippen MR) is 49.3 cm³/mol. The summed E-state index contributed by atoms with van der Waals surface area (Å²) < 4.78 is 112. The Morgan fingerprint density at radius 3 is 1.80 bits per heavy atom. The van der Waals surface area contributed by atoms with E-state index in [2.05, 4.69) is 5.73 Å². The second-order valence-electron chi connectivity index (χ2n) is 3.83. The smallest absolute Gasteiger partial charge is 0.319 e. The molecule has 0 bridgehead atoms. The van der Waals surface area contributed by atoms with Gasteiger partial charge in [-0.15, -0.1) is 0 Å². The molecule has 0 aliphatic rings. The van der Waals surface area contributed by atoms with Gasteiger partial charge in [0.25, 0.3) is 0 Å². The summed E-state index contributed by atoms with van der Waals surface area (Å²) in [6, 6.07) is -3.12. The minimum Gasteiger partial charge on any atom is -0.319 e. The summed E-state index contributed by atoms with van der Waals surface area (Å²) in [5, 5.41) is 0. The molecule has 0 aliphatic heterocycles. The van der Waals surface area contributed by atoms with Gasteiger partial charge in [-0.3, -0.25) is 0 Å². The Morgan fingerprint density at radius 1 is 0.900 bits per heavy atom. The van der Waals surface area contributed by atoms with Crippen molar-refractivity contribution in [2.24, 2.45) is 5.73 Å². The fourth-order valence-corrected chi connectivity index (χ4v) is 1.33. The molecule has 1 aromatic carbocycles. The molecule has 20 heavy (non-hydrogen) atoms. The van der Waals surface area contributed by atoms with Crippen molar-refractivity contribution >= 4 is 0 Å². The number of alkyl halides is 8. The fraction of sp³-hybridized carbons (Fsp3) is 0.400. The second-order valence-corrected chi connectivity index (χ2v) is 3.83. The highest BCUT2D eigenvalue weighted by molar-refractivity contribution is 5.31. The SMILES string of the molecule is N[C@H](c1cc(C(F)(F)F)ccc1F)C(F)(F)C(F)(F)F. The van der Waals surface area contributed by atoms with Crippen molar-refractivity contribution in [2.75, 3.05) is 0 Å². The van der Waals surface area contributed by atoms with Gasteiger partial charge in [0, 0.05) is 5.56 Å². The molecule has 0 spiro atoms. The zero-order valence-electron chi connectivity index (χ0n) is 9.29. The quantitative estimate of drug-likeness (QED) is 0.820. The number of benzene rings is 1. The maximum atomic E-state index is 13.2. The maximum Gasteiger partial charge on any atom is 0.455 e. The first-order chi connectivity index (χ1) is 8.78. The first-order valence-corrected chi connectivity index (χ1v) is 4.85. The molecule has 0 saturated heterocycles. The van der Waals surface area contributed by atoms with E-state index in [9.17, 15) is 39.5 Å². The molecule has 1 atom stereocenters. The van der Waals surface area contributed by atoms with Crippen molar-refractivity contribution in [1.82, 2.24) is 0 Å². The standard InChI is InChI=1S/C10H6F9N/c11-6-2-1-4(9(14,15)16)3-5(6)7(20)8(12,13)10(17,18)19/h1-3,7H,20H2/t7-/m1/s1. The fourth-order valence-electron chi connectivity index (χ4n) is 1.33. The lowest BCUT2D eigenvalue weighted by molar-refractivity contribution is -0.291. The summed E-state index contributed by atoms with van der Waals surface area (Å²) in [4.78, 5) is 0. The van der Waals surface area contributed by atoms with Crippen molar-refractivity contribution in [3.63, 3.8) is 0 Å². The van der Waals surface area contributed by atoms with E-state index >= 15 is 0 Å². The molecular formula is C10H6F9N. The Kier molecular flexibility index (Phi) is 4.01. The summed E-state index contributed by atoms with van der Waals surface area (Å²) in [5.74, 6) is -7.26. The van der Waals surface area contributed by atoms with Crippen LogP contribution >= 0.6 is 0 Å². The molecule has 0 aromatic heterocycles. The Labute approximate surface area is 106 Å². The van der Waals surface area contributed by atoms with Gasteiger partial charge in [-0.25, -0.2) is 4.39 Å². The summed E-state index contributed by atoms with van der Waals surface area (Å²) in [7, 11) is 0. The lowest BCUT2D eigenvalue weighted by Gasteiger charge is -2.26. The summed E-state index contributed by atoms with van der Waals surface area (Å²) in [6.45, 7) is 0. The number of halogens is 9. The van der Waals surface area contributed by atoms with Gasteiger partial charge in [-0.2, -0.15) is 35.1 Å². The molecule has 0 amide bonds. The molecule has 1 nitrogen and oxygen atoms in total. The molecule has 0 heterocycles. The van der Waals surface area contributed by atoms with Crippen LogP contribution in [-0.2, 0) is 6.18 Å². The Balaban J connectivity index is 3.33. The van der Waals surface area contributed by atoms with Gasteiger partial charge in [0.2, 0.25) is 0 Å². The van der Waals surface area contributed by atoms with Crippen molar-refractivity contribution < 1.29 is 39.5 Å². The lowest BCUT2D eigenvalue weighted by atomic mass is 9.98. The van der Waals surface area contributed by atoms with Crippen LogP contribution in [0, 0.1) is 5.82 Å². The van der Waals surface area contributed by atoms with Crippen LogP contribution in [0.15, 0.2) is 18.2 Å². The lowest BCUT2D eigenvalue weighted by Crippen LogP contribution is -2.46. The molecule has 0 aliphatic carbocycles. The number of rotatable bonds is 2. The first-order valence-electron chi connectivity index (χ1n) is 4.85. The Morgan fingerprint density at radius 2 is 1.40 bits per heavy atom. The Hall–Kier alpha value is -1.45. The number of nitrogens with two attached hydrogens (primary N) is 1. The third-order valence-electron chi connectivity index (χ3n) is 2.43. The normalized spacial score (nSPS) is 15.3. The number of hydrogen-bond donors (Lipinski definition) is 1. The maximum absolute atomic E-state index is 13.2. The highest BCUT2D eigenvalue weighted by Gasteiger charge is 2.62. The zero-order valence-corrected chi connectivity index (χ0v) is 9.29. The average Bonchev–Trinajstić information content (AvgIpc) is 2.25. The van der Waals surface area contributed by atoms with E-state index < -0.39 is 41.3 Å². The largest absolute Gasteiger partial charge is 0.455 e.